The number of anilines is 2. The Balaban J connectivity index is 1.61. The van der Waals surface area contributed by atoms with Crippen molar-refractivity contribution in [2.24, 2.45) is 0 Å². The van der Waals surface area contributed by atoms with E-state index in [1.54, 1.807) is 16.4 Å². The van der Waals surface area contributed by atoms with Crippen molar-refractivity contribution in [3.05, 3.63) is 42.2 Å². The maximum absolute atomic E-state index is 12.9. The summed E-state index contributed by atoms with van der Waals surface area (Å²) in [7, 11) is 0.438. The van der Waals surface area contributed by atoms with Crippen LogP contribution in [0.4, 0.5) is 11.6 Å². The van der Waals surface area contributed by atoms with Gasteiger partial charge in [-0.2, -0.15) is 4.31 Å². The second kappa shape index (κ2) is 8.22. The lowest BCUT2D eigenvalue weighted by molar-refractivity contribution is 0.329. The van der Waals surface area contributed by atoms with Gasteiger partial charge in [-0.05, 0) is 37.0 Å². The summed E-state index contributed by atoms with van der Waals surface area (Å²) in [6.45, 7) is 3.06. The van der Waals surface area contributed by atoms with E-state index in [1.165, 1.54) is 6.33 Å². The fourth-order valence-electron chi connectivity index (χ4n) is 3.17. The molecule has 2 aromatic rings. The van der Waals surface area contributed by atoms with Crippen LogP contribution in [-0.2, 0) is 16.4 Å². The topological polar surface area (TPSA) is 78.4 Å². The number of sulfonamides is 1. The van der Waals surface area contributed by atoms with Crippen molar-refractivity contribution in [1.82, 2.24) is 14.3 Å². The third-order valence-electron chi connectivity index (χ3n) is 4.89. The Morgan fingerprint density at radius 3 is 2.41 bits per heavy atom. The number of hydrogen-bond acceptors (Lipinski definition) is 6. The molecule has 1 aromatic heterocycles. The molecule has 1 aliphatic rings. The van der Waals surface area contributed by atoms with Gasteiger partial charge in [0.05, 0.1) is 4.90 Å². The summed E-state index contributed by atoms with van der Waals surface area (Å²) >= 11 is 0. The molecule has 0 spiro atoms. The average Bonchev–Trinajstić information content (AvgIpc) is 2.68. The second-order valence-electron chi connectivity index (χ2n) is 6.98. The van der Waals surface area contributed by atoms with Gasteiger partial charge in [0.15, 0.2) is 0 Å². The van der Waals surface area contributed by atoms with E-state index in [9.17, 15) is 8.42 Å². The van der Waals surface area contributed by atoms with Crippen LogP contribution in [0.15, 0.2) is 41.6 Å². The number of aryl methyl sites for hydroxylation is 1. The molecular formula is C19H27N5O2S. The van der Waals surface area contributed by atoms with E-state index in [1.807, 2.05) is 37.2 Å². The highest BCUT2D eigenvalue weighted by Gasteiger charge is 2.29. The van der Waals surface area contributed by atoms with Gasteiger partial charge in [-0.25, -0.2) is 18.4 Å². The highest BCUT2D eigenvalue weighted by molar-refractivity contribution is 7.89. The molecule has 1 aliphatic heterocycles. The molecule has 27 heavy (non-hydrogen) atoms. The number of aromatic nitrogens is 2. The van der Waals surface area contributed by atoms with Crippen LogP contribution in [0.3, 0.4) is 0 Å². The van der Waals surface area contributed by atoms with E-state index in [0.29, 0.717) is 18.0 Å². The van der Waals surface area contributed by atoms with E-state index in [2.05, 4.69) is 22.2 Å². The summed E-state index contributed by atoms with van der Waals surface area (Å²) < 4.78 is 27.3. The first-order valence-electron chi connectivity index (χ1n) is 9.25. The molecule has 0 atom stereocenters. The minimum atomic E-state index is -3.43. The van der Waals surface area contributed by atoms with Crippen molar-refractivity contribution in [1.29, 1.82) is 0 Å². The quantitative estimate of drug-likeness (QED) is 0.817. The Kier molecular flexibility index (Phi) is 5.96. The molecule has 8 heteroatoms. The fourth-order valence-corrected chi connectivity index (χ4v) is 4.64. The van der Waals surface area contributed by atoms with Crippen LogP contribution in [0.25, 0.3) is 0 Å². The van der Waals surface area contributed by atoms with Crippen molar-refractivity contribution < 1.29 is 8.42 Å². The normalized spacial score (nSPS) is 16.3. The molecule has 2 heterocycles. The number of nitrogens with zero attached hydrogens (tertiary/aromatic N) is 4. The Bertz CT molecular complexity index is 860. The van der Waals surface area contributed by atoms with E-state index < -0.39 is 10.0 Å². The lowest BCUT2D eigenvalue weighted by Gasteiger charge is -2.32. The molecule has 1 aromatic carbocycles. The predicted octanol–water partition coefficient (Wildman–Crippen LogP) is 2.37. The molecule has 0 amide bonds. The van der Waals surface area contributed by atoms with E-state index in [4.69, 9.17) is 0 Å². The molecule has 1 saturated heterocycles. The van der Waals surface area contributed by atoms with Gasteiger partial charge in [0, 0.05) is 39.3 Å². The van der Waals surface area contributed by atoms with Crippen molar-refractivity contribution >= 4 is 21.7 Å². The summed E-state index contributed by atoms with van der Waals surface area (Å²) in [5.41, 5.74) is 1.14. The lowest BCUT2D eigenvalue weighted by atomic mass is 10.1. The Morgan fingerprint density at radius 2 is 1.81 bits per heavy atom. The summed E-state index contributed by atoms with van der Waals surface area (Å²) in [5.74, 6) is 1.60. The maximum atomic E-state index is 12.9. The molecule has 3 rings (SSSR count). The van der Waals surface area contributed by atoms with Crippen LogP contribution in [0.2, 0.25) is 0 Å². The van der Waals surface area contributed by atoms with Crippen LogP contribution in [-0.4, -0.2) is 55.9 Å². The number of hydrogen-bond donors (Lipinski definition) is 1. The van der Waals surface area contributed by atoms with Crippen molar-refractivity contribution in [2.75, 3.05) is 37.4 Å². The fraction of sp³-hybridized carbons (Fsp3) is 0.474. The smallest absolute Gasteiger partial charge is 0.243 e. The van der Waals surface area contributed by atoms with E-state index in [-0.39, 0.29) is 6.04 Å². The van der Waals surface area contributed by atoms with Gasteiger partial charge in [-0.15, -0.1) is 0 Å². The molecule has 1 N–H and O–H groups in total. The first-order chi connectivity index (χ1) is 12.9. The summed E-state index contributed by atoms with van der Waals surface area (Å²) in [6, 6.07) is 9.30. The highest BCUT2D eigenvalue weighted by Crippen LogP contribution is 2.23. The molecule has 1 fully saturated rings. The largest absolute Gasteiger partial charge is 0.367 e. The first kappa shape index (κ1) is 19.6. The van der Waals surface area contributed by atoms with Crippen LogP contribution in [0.1, 0.15) is 25.3 Å². The van der Waals surface area contributed by atoms with Crippen molar-refractivity contribution in [3.63, 3.8) is 0 Å². The molecule has 0 unspecified atom stereocenters. The SMILES string of the molecule is CCc1ccc(S(=O)(=O)N2CCC(Nc3cc(N(C)C)ncn3)CC2)cc1. The maximum Gasteiger partial charge on any atom is 0.243 e. The standard InChI is InChI=1S/C19H27N5O2S/c1-4-15-5-7-17(8-6-15)27(25,26)24-11-9-16(10-12-24)22-18-13-19(23(2)3)21-14-20-18/h5-8,13-14,16H,4,9-12H2,1-3H3,(H,20,21,22). The van der Waals surface area contributed by atoms with Gasteiger partial charge < -0.3 is 10.2 Å². The molecular weight excluding hydrogens is 362 g/mol. The van der Waals surface area contributed by atoms with Crippen LogP contribution in [0.5, 0.6) is 0 Å². The average molecular weight is 390 g/mol. The number of piperidine rings is 1. The van der Waals surface area contributed by atoms with Gasteiger partial charge in [0.2, 0.25) is 10.0 Å². The zero-order chi connectivity index (χ0) is 19.4. The zero-order valence-corrected chi connectivity index (χ0v) is 16.9. The Labute approximate surface area is 161 Å². The predicted molar refractivity (Wildman–Crippen MR) is 108 cm³/mol. The van der Waals surface area contributed by atoms with Gasteiger partial charge in [-0.1, -0.05) is 19.1 Å². The van der Waals surface area contributed by atoms with E-state index >= 15 is 0 Å². The molecule has 0 bridgehead atoms. The van der Waals surface area contributed by atoms with Gasteiger partial charge >= 0.3 is 0 Å². The minimum Gasteiger partial charge on any atom is -0.367 e. The summed E-state index contributed by atoms with van der Waals surface area (Å²) in [4.78, 5) is 10.8. The van der Waals surface area contributed by atoms with Gasteiger partial charge in [0.25, 0.3) is 0 Å². The first-order valence-corrected chi connectivity index (χ1v) is 10.7. The summed E-state index contributed by atoms with van der Waals surface area (Å²) in [5, 5.41) is 3.40. The Morgan fingerprint density at radius 1 is 1.15 bits per heavy atom. The Hall–Kier alpha value is -2.19. The van der Waals surface area contributed by atoms with E-state index in [0.717, 1.165) is 36.5 Å². The molecule has 146 valence electrons. The van der Waals surface area contributed by atoms with Crippen molar-refractivity contribution in [2.45, 2.75) is 37.1 Å². The van der Waals surface area contributed by atoms with Crippen molar-refractivity contribution in [3.8, 4) is 0 Å². The molecule has 0 aliphatic carbocycles. The lowest BCUT2D eigenvalue weighted by Crippen LogP contribution is -2.42. The number of benzene rings is 1. The highest BCUT2D eigenvalue weighted by atomic mass is 32.2. The van der Waals surface area contributed by atoms with Crippen LogP contribution in [0, 0.1) is 0 Å². The molecule has 0 radical (unpaired) electrons. The molecule has 0 saturated carbocycles. The van der Waals surface area contributed by atoms with Gasteiger partial charge in [-0.3, -0.25) is 0 Å². The molecule has 7 nitrogen and oxygen atoms in total. The van der Waals surface area contributed by atoms with Crippen LogP contribution < -0.4 is 10.2 Å². The number of nitrogens with one attached hydrogen (secondary N) is 1. The third-order valence-corrected chi connectivity index (χ3v) is 6.80. The monoisotopic (exact) mass is 389 g/mol. The number of rotatable bonds is 6. The summed E-state index contributed by atoms with van der Waals surface area (Å²) in [6.07, 6.45) is 3.92. The third kappa shape index (κ3) is 4.56. The van der Waals surface area contributed by atoms with Crippen LogP contribution >= 0.6 is 0 Å². The second-order valence-corrected chi connectivity index (χ2v) is 8.91. The minimum absolute atomic E-state index is 0.198. The zero-order valence-electron chi connectivity index (χ0n) is 16.1. The van der Waals surface area contributed by atoms with Gasteiger partial charge in [0.1, 0.15) is 18.0 Å².